The van der Waals surface area contributed by atoms with Crippen LogP contribution in [0, 0.1) is 6.92 Å². The predicted octanol–water partition coefficient (Wildman–Crippen LogP) is 4.47. The summed E-state index contributed by atoms with van der Waals surface area (Å²) in [5.74, 6) is -5.61. The number of aromatic amines is 1. The number of aryl methyl sites for hydroxylation is 1. The Balaban J connectivity index is 1.42. The zero-order chi connectivity index (χ0) is 30.2. The molecule has 2 aromatic carbocycles. The first-order valence-corrected chi connectivity index (χ1v) is 13.4. The Kier molecular flexibility index (Phi) is 8.24. The maximum absolute atomic E-state index is 14.0. The molecule has 0 aliphatic carbocycles. The molecule has 3 heterocycles. The van der Waals surface area contributed by atoms with Crippen LogP contribution in [0.15, 0.2) is 42.6 Å². The lowest BCUT2D eigenvalue weighted by molar-refractivity contribution is -0.172. The summed E-state index contributed by atoms with van der Waals surface area (Å²) in [5, 5.41) is 1.40. The van der Waals surface area contributed by atoms with E-state index in [2.05, 4.69) is 9.88 Å². The second-order valence-electron chi connectivity index (χ2n) is 10.5. The van der Waals surface area contributed by atoms with Gasteiger partial charge in [-0.25, -0.2) is 13.6 Å². The third-order valence-corrected chi connectivity index (χ3v) is 7.73. The van der Waals surface area contributed by atoms with Crippen molar-refractivity contribution >= 4 is 28.7 Å². The lowest BCUT2D eigenvalue weighted by Crippen LogP contribution is -2.52. The van der Waals surface area contributed by atoms with Crippen LogP contribution in [0.2, 0.25) is 0 Å². The number of hydrogen-bond donors (Lipinski definition) is 1. The Morgan fingerprint density at radius 1 is 1.10 bits per heavy atom. The fraction of sp³-hybridized carbons (Fsp3) is 0.414. The Bertz CT molecular complexity index is 1480. The molecular weight excluding hydrogens is 560 g/mol. The zero-order valence-corrected chi connectivity index (χ0v) is 23.0. The highest BCUT2D eigenvalue weighted by molar-refractivity contribution is 6.02. The summed E-state index contributed by atoms with van der Waals surface area (Å²) >= 11 is 0. The quantitative estimate of drug-likeness (QED) is 0.291. The van der Waals surface area contributed by atoms with Crippen LogP contribution in [0.25, 0.3) is 10.9 Å². The summed E-state index contributed by atoms with van der Waals surface area (Å²) < 4.78 is 59.7. The number of hydroxylamine groups is 2. The largest absolute Gasteiger partial charge is 0.496 e. The van der Waals surface area contributed by atoms with E-state index >= 15 is 0 Å². The van der Waals surface area contributed by atoms with Gasteiger partial charge < -0.3 is 14.6 Å². The van der Waals surface area contributed by atoms with Crippen LogP contribution >= 0.6 is 0 Å². The molecule has 5 rings (SSSR count). The third kappa shape index (κ3) is 5.84. The van der Waals surface area contributed by atoms with E-state index in [1.54, 1.807) is 19.2 Å². The van der Waals surface area contributed by atoms with Crippen molar-refractivity contribution in [3.63, 3.8) is 0 Å². The molecule has 1 atom stereocenters. The molecule has 0 bridgehead atoms. The van der Waals surface area contributed by atoms with E-state index < -0.39 is 42.7 Å². The third-order valence-electron chi connectivity index (χ3n) is 7.73. The van der Waals surface area contributed by atoms with Gasteiger partial charge in [-0.15, -0.1) is 5.06 Å². The van der Waals surface area contributed by atoms with Gasteiger partial charge in [-0.2, -0.15) is 8.78 Å². The monoisotopic (exact) mass is 590 g/mol. The summed E-state index contributed by atoms with van der Waals surface area (Å²) in [5.41, 5.74) is 3.54. The van der Waals surface area contributed by atoms with Crippen LogP contribution in [0.5, 0.6) is 5.75 Å². The van der Waals surface area contributed by atoms with Gasteiger partial charge in [-0.3, -0.25) is 19.4 Å². The highest BCUT2D eigenvalue weighted by Gasteiger charge is 2.44. The van der Waals surface area contributed by atoms with Crippen molar-refractivity contribution in [1.82, 2.24) is 19.8 Å². The topological polar surface area (TPSA) is 95.2 Å². The number of fused-ring (bicyclic) bond motifs is 1. The van der Waals surface area contributed by atoms with Crippen molar-refractivity contribution in [1.29, 1.82) is 0 Å². The first-order chi connectivity index (χ1) is 20.0. The molecule has 2 amide bonds. The molecule has 9 nitrogen and oxygen atoms in total. The fourth-order valence-corrected chi connectivity index (χ4v) is 5.51. The first kappa shape index (κ1) is 29.5. The van der Waals surface area contributed by atoms with E-state index in [1.165, 1.54) is 17.0 Å². The summed E-state index contributed by atoms with van der Waals surface area (Å²) in [6.07, 6.45) is -2.04. The number of carbonyl (C=O) groups is 3. The fourth-order valence-electron chi connectivity index (χ4n) is 5.51. The molecule has 0 saturated carbocycles. The second-order valence-corrected chi connectivity index (χ2v) is 10.5. The minimum atomic E-state index is -4.16. The number of hydrogen-bond acceptors (Lipinski definition) is 7. The van der Waals surface area contributed by atoms with E-state index in [1.807, 2.05) is 25.3 Å². The van der Waals surface area contributed by atoms with Crippen LogP contribution in [0.4, 0.5) is 17.6 Å². The number of imide groups is 1. The number of benzene rings is 2. The standard InChI is InChI=1S/C29H30F4N4O5/c1-17-13-23(41-2)21(20-9-10-34-26(17)20)14-36-12-11-35(16-29(32,33)28(30)31)15-22(36)18-3-5-19(6-4-18)27(40)42-37-24(38)7-8-25(37)39/h3-6,9-10,13,22,28,34H,7-8,11-12,14-16H2,1-2H3. The smallest absolute Gasteiger partial charge is 0.363 e. The molecule has 13 heteroatoms. The van der Waals surface area contributed by atoms with E-state index in [4.69, 9.17) is 9.57 Å². The molecule has 42 heavy (non-hydrogen) atoms. The van der Waals surface area contributed by atoms with Crippen LogP contribution in [-0.2, 0) is 21.0 Å². The van der Waals surface area contributed by atoms with Crippen molar-refractivity contribution in [3.05, 3.63) is 64.8 Å². The van der Waals surface area contributed by atoms with Gasteiger partial charge in [-0.05, 0) is 42.3 Å². The average molecular weight is 591 g/mol. The molecule has 2 aliphatic heterocycles. The molecule has 224 valence electrons. The van der Waals surface area contributed by atoms with Crippen molar-refractivity contribution in [2.24, 2.45) is 0 Å². The minimum Gasteiger partial charge on any atom is -0.496 e. The van der Waals surface area contributed by atoms with Crippen molar-refractivity contribution in [3.8, 4) is 5.75 Å². The maximum atomic E-state index is 14.0. The molecule has 2 saturated heterocycles. The maximum Gasteiger partial charge on any atom is 0.363 e. The van der Waals surface area contributed by atoms with Gasteiger partial charge in [-0.1, -0.05) is 12.1 Å². The second kappa shape index (κ2) is 11.7. The number of methoxy groups -OCH3 is 1. The van der Waals surface area contributed by atoms with Crippen LogP contribution in [-0.4, -0.2) is 83.3 Å². The van der Waals surface area contributed by atoms with Crippen molar-refractivity contribution < 1.29 is 41.5 Å². The molecule has 2 fully saturated rings. The Hall–Kier alpha value is -3.97. The number of piperazine rings is 1. The summed E-state index contributed by atoms with van der Waals surface area (Å²) in [4.78, 5) is 47.8. The lowest BCUT2D eigenvalue weighted by Gasteiger charge is -2.42. The first-order valence-electron chi connectivity index (χ1n) is 13.4. The van der Waals surface area contributed by atoms with Gasteiger partial charge in [0.1, 0.15) is 5.75 Å². The van der Waals surface area contributed by atoms with Gasteiger partial charge in [0, 0.05) is 67.7 Å². The summed E-state index contributed by atoms with van der Waals surface area (Å²) in [7, 11) is 1.57. The lowest BCUT2D eigenvalue weighted by atomic mass is 9.98. The van der Waals surface area contributed by atoms with Crippen LogP contribution < -0.4 is 4.74 Å². The number of nitrogens with zero attached hydrogens (tertiary/aromatic N) is 3. The number of nitrogens with one attached hydrogen (secondary N) is 1. The van der Waals surface area contributed by atoms with Gasteiger partial charge >= 0.3 is 18.3 Å². The zero-order valence-electron chi connectivity index (χ0n) is 23.0. The predicted molar refractivity (Wildman–Crippen MR) is 143 cm³/mol. The van der Waals surface area contributed by atoms with E-state index in [0.29, 0.717) is 29.5 Å². The van der Waals surface area contributed by atoms with Crippen molar-refractivity contribution in [2.45, 2.75) is 44.7 Å². The normalized spacial score (nSPS) is 18.8. The summed E-state index contributed by atoms with van der Waals surface area (Å²) in [6.45, 7) is 1.73. The van der Waals surface area contributed by atoms with Gasteiger partial charge in [0.25, 0.3) is 11.8 Å². The van der Waals surface area contributed by atoms with Gasteiger partial charge in [0.15, 0.2) is 0 Å². The van der Waals surface area contributed by atoms with E-state index in [-0.39, 0.29) is 31.5 Å². The number of aromatic nitrogens is 1. The number of alkyl halides is 4. The molecule has 1 aromatic heterocycles. The highest BCUT2D eigenvalue weighted by Crippen LogP contribution is 2.36. The Morgan fingerprint density at radius 2 is 1.79 bits per heavy atom. The summed E-state index contributed by atoms with van der Waals surface area (Å²) in [6, 6.07) is 9.49. The molecule has 2 aliphatic rings. The molecule has 0 spiro atoms. The number of H-pyrrole nitrogens is 1. The molecule has 3 aromatic rings. The number of carbonyl (C=O) groups excluding carboxylic acids is 3. The number of ether oxygens (including phenoxy) is 1. The molecular formula is C29H30F4N4O5. The van der Waals surface area contributed by atoms with Gasteiger partial charge in [0.2, 0.25) is 0 Å². The van der Waals surface area contributed by atoms with Crippen LogP contribution in [0.1, 0.15) is 45.9 Å². The van der Waals surface area contributed by atoms with E-state index in [9.17, 15) is 31.9 Å². The highest BCUT2D eigenvalue weighted by atomic mass is 19.3. The molecule has 0 radical (unpaired) electrons. The van der Waals surface area contributed by atoms with Crippen LogP contribution in [0.3, 0.4) is 0 Å². The van der Waals surface area contributed by atoms with Crippen molar-refractivity contribution in [2.75, 3.05) is 33.3 Å². The van der Waals surface area contributed by atoms with Gasteiger partial charge in [0.05, 0.1) is 19.2 Å². The SMILES string of the molecule is COc1cc(C)c2[nH]ccc2c1CN1CCN(CC(F)(F)C(F)F)CC1c1ccc(C(=O)ON2C(=O)CCC2=O)cc1. The average Bonchev–Trinajstić information content (AvgIpc) is 3.58. The minimum absolute atomic E-state index is 0.0351. The molecule has 1 N–H and O–H groups in total. The number of amides is 2. The molecule has 1 unspecified atom stereocenters. The number of rotatable bonds is 9. The Morgan fingerprint density at radius 3 is 2.43 bits per heavy atom. The Labute approximate surface area is 238 Å². The van der Waals surface area contributed by atoms with E-state index in [0.717, 1.165) is 22.0 Å². The number of halogens is 4.